The second-order valence-corrected chi connectivity index (χ2v) is 6.71. The van der Waals surface area contributed by atoms with Crippen molar-refractivity contribution in [2.45, 2.75) is 18.7 Å². The molecule has 1 aliphatic heterocycles. The maximum atomic E-state index is 12.4. The van der Waals surface area contributed by atoms with Crippen molar-refractivity contribution in [3.63, 3.8) is 0 Å². The summed E-state index contributed by atoms with van der Waals surface area (Å²) in [5.41, 5.74) is 0.991. The van der Waals surface area contributed by atoms with Gasteiger partial charge in [-0.3, -0.25) is 0 Å². The molecule has 0 amide bonds. The summed E-state index contributed by atoms with van der Waals surface area (Å²) in [6.07, 6.45) is 0. The van der Waals surface area contributed by atoms with E-state index in [1.54, 1.807) is 24.3 Å². The number of benzene rings is 1. The maximum absolute atomic E-state index is 12.4. The maximum Gasteiger partial charge on any atom is 0.218 e. The summed E-state index contributed by atoms with van der Waals surface area (Å²) in [7, 11) is -3.36. The Bertz CT molecular complexity index is 592. The molecule has 5 nitrogen and oxygen atoms in total. The van der Waals surface area contributed by atoms with E-state index in [0.717, 1.165) is 0 Å². The van der Waals surface area contributed by atoms with E-state index in [1.807, 2.05) is 13.0 Å². The van der Waals surface area contributed by atoms with Crippen LogP contribution < -0.4 is 5.32 Å². The molecule has 1 fully saturated rings. The molecule has 1 aromatic rings. The molecule has 1 N–H and O–H groups in total. The minimum atomic E-state index is -3.36. The highest BCUT2D eigenvalue weighted by Gasteiger charge is 2.27. The fraction of sp³-hybridized carbons (Fsp3) is 0.462. The fourth-order valence-corrected chi connectivity index (χ4v) is 3.84. The van der Waals surface area contributed by atoms with Crippen molar-refractivity contribution in [2.24, 2.45) is 0 Å². The average Bonchev–Trinajstić information content (AvgIpc) is 2.39. The largest absolute Gasteiger partial charge is 0.312 e. The molecule has 2 rings (SSSR count). The first kappa shape index (κ1) is 14.0. The first-order valence-corrected chi connectivity index (χ1v) is 7.83. The fourth-order valence-electron chi connectivity index (χ4n) is 2.19. The van der Waals surface area contributed by atoms with Crippen LogP contribution in [0.3, 0.4) is 0 Å². The number of hydrogen-bond acceptors (Lipinski definition) is 4. The van der Waals surface area contributed by atoms with Gasteiger partial charge in [0.25, 0.3) is 0 Å². The number of hydrogen-bond donors (Lipinski definition) is 1. The Balaban J connectivity index is 2.19. The van der Waals surface area contributed by atoms with Gasteiger partial charge in [0.15, 0.2) is 0 Å². The average molecular weight is 279 g/mol. The number of rotatable bonds is 3. The predicted octanol–water partition coefficient (Wildman–Crippen LogP) is 0.682. The molecule has 1 atom stereocenters. The lowest BCUT2D eigenvalue weighted by atomic mass is 10.1. The minimum Gasteiger partial charge on any atom is -0.312 e. The van der Waals surface area contributed by atoms with Crippen molar-refractivity contribution in [1.29, 1.82) is 5.26 Å². The smallest absolute Gasteiger partial charge is 0.218 e. The molecule has 6 heteroatoms. The van der Waals surface area contributed by atoms with Gasteiger partial charge in [-0.25, -0.2) is 8.42 Å². The van der Waals surface area contributed by atoms with Crippen LogP contribution in [0.15, 0.2) is 24.3 Å². The SMILES string of the molecule is C[C@H]1CN(S(=O)(=O)Cc2ccccc2C#N)CCN1. The van der Waals surface area contributed by atoms with Crippen LogP contribution in [0.1, 0.15) is 18.1 Å². The van der Waals surface area contributed by atoms with Gasteiger partial charge in [0.2, 0.25) is 10.0 Å². The van der Waals surface area contributed by atoms with E-state index in [0.29, 0.717) is 30.8 Å². The molecule has 0 bridgehead atoms. The highest BCUT2D eigenvalue weighted by Crippen LogP contribution is 2.16. The molecule has 1 heterocycles. The van der Waals surface area contributed by atoms with E-state index in [1.165, 1.54) is 4.31 Å². The van der Waals surface area contributed by atoms with Gasteiger partial charge >= 0.3 is 0 Å². The molecule has 0 aliphatic carbocycles. The molecule has 1 saturated heterocycles. The molecule has 1 aliphatic rings. The first-order chi connectivity index (χ1) is 9.03. The third kappa shape index (κ3) is 3.32. The van der Waals surface area contributed by atoms with E-state index in [2.05, 4.69) is 5.32 Å². The van der Waals surface area contributed by atoms with Gasteiger partial charge in [0, 0.05) is 25.7 Å². The van der Waals surface area contributed by atoms with Crippen molar-refractivity contribution < 1.29 is 8.42 Å². The van der Waals surface area contributed by atoms with Gasteiger partial charge in [-0.05, 0) is 18.6 Å². The van der Waals surface area contributed by atoms with Crippen LogP contribution in [-0.2, 0) is 15.8 Å². The highest BCUT2D eigenvalue weighted by atomic mass is 32.2. The lowest BCUT2D eigenvalue weighted by molar-refractivity contribution is 0.310. The lowest BCUT2D eigenvalue weighted by Gasteiger charge is -2.31. The molecule has 1 aromatic carbocycles. The van der Waals surface area contributed by atoms with E-state index in [-0.39, 0.29) is 11.8 Å². The number of nitriles is 1. The second kappa shape index (κ2) is 5.70. The minimum absolute atomic E-state index is 0.108. The van der Waals surface area contributed by atoms with Gasteiger partial charge in [-0.2, -0.15) is 9.57 Å². The summed E-state index contributed by atoms with van der Waals surface area (Å²) in [5, 5.41) is 12.2. The van der Waals surface area contributed by atoms with Crippen molar-refractivity contribution >= 4 is 10.0 Å². The van der Waals surface area contributed by atoms with Crippen molar-refractivity contribution in [3.05, 3.63) is 35.4 Å². The molecular formula is C13H17N3O2S. The standard InChI is InChI=1S/C13H17N3O2S/c1-11-9-16(7-6-15-11)19(17,18)10-13-5-3-2-4-12(13)8-14/h2-5,11,15H,6-7,9-10H2,1H3/t11-/m0/s1. The van der Waals surface area contributed by atoms with Crippen molar-refractivity contribution in [1.82, 2.24) is 9.62 Å². The molecule has 19 heavy (non-hydrogen) atoms. The second-order valence-electron chi connectivity index (χ2n) is 4.74. The van der Waals surface area contributed by atoms with E-state index < -0.39 is 10.0 Å². The predicted molar refractivity (Wildman–Crippen MR) is 72.8 cm³/mol. The van der Waals surface area contributed by atoms with Crippen LogP contribution >= 0.6 is 0 Å². The van der Waals surface area contributed by atoms with Crippen molar-refractivity contribution in [2.75, 3.05) is 19.6 Å². The quantitative estimate of drug-likeness (QED) is 0.883. The summed E-state index contributed by atoms with van der Waals surface area (Å²) < 4.78 is 26.2. The zero-order valence-corrected chi connectivity index (χ0v) is 11.7. The Morgan fingerprint density at radius 3 is 2.89 bits per heavy atom. The Kier molecular flexibility index (Phi) is 4.20. The van der Waals surface area contributed by atoms with Gasteiger partial charge < -0.3 is 5.32 Å². The Morgan fingerprint density at radius 1 is 1.47 bits per heavy atom. The molecular weight excluding hydrogens is 262 g/mol. The highest BCUT2D eigenvalue weighted by molar-refractivity contribution is 7.88. The number of nitrogens with zero attached hydrogens (tertiary/aromatic N) is 2. The van der Waals surface area contributed by atoms with E-state index >= 15 is 0 Å². The van der Waals surface area contributed by atoms with Gasteiger partial charge in [-0.1, -0.05) is 18.2 Å². The van der Waals surface area contributed by atoms with E-state index in [9.17, 15) is 8.42 Å². The molecule has 0 radical (unpaired) electrons. The molecule has 0 aromatic heterocycles. The summed E-state index contributed by atoms with van der Waals surface area (Å²) in [6.45, 7) is 3.60. The Hall–Kier alpha value is -1.42. The summed E-state index contributed by atoms with van der Waals surface area (Å²) in [5.74, 6) is -0.108. The zero-order chi connectivity index (χ0) is 13.9. The number of nitrogens with one attached hydrogen (secondary N) is 1. The van der Waals surface area contributed by atoms with E-state index in [4.69, 9.17) is 5.26 Å². The zero-order valence-electron chi connectivity index (χ0n) is 10.8. The van der Waals surface area contributed by atoms with Crippen LogP contribution in [-0.4, -0.2) is 38.4 Å². The van der Waals surface area contributed by atoms with Gasteiger partial charge in [-0.15, -0.1) is 0 Å². The molecule has 0 unspecified atom stereocenters. The first-order valence-electron chi connectivity index (χ1n) is 6.22. The van der Waals surface area contributed by atoms with Gasteiger partial charge in [0.05, 0.1) is 17.4 Å². The third-order valence-electron chi connectivity index (χ3n) is 3.20. The third-order valence-corrected chi connectivity index (χ3v) is 4.99. The van der Waals surface area contributed by atoms with Crippen LogP contribution in [0.25, 0.3) is 0 Å². The Labute approximate surface area is 113 Å². The lowest BCUT2D eigenvalue weighted by Crippen LogP contribution is -2.51. The number of piperazine rings is 1. The van der Waals surface area contributed by atoms with Crippen LogP contribution in [0, 0.1) is 11.3 Å². The molecule has 0 spiro atoms. The van der Waals surface area contributed by atoms with Crippen LogP contribution in [0.2, 0.25) is 0 Å². The van der Waals surface area contributed by atoms with Crippen LogP contribution in [0.4, 0.5) is 0 Å². The molecule has 102 valence electrons. The summed E-state index contributed by atoms with van der Waals surface area (Å²) in [6, 6.07) is 9.03. The normalized spacial score (nSPS) is 20.9. The topological polar surface area (TPSA) is 73.2 Å². The van der Waals surface area contributed by atoms with Crippen molar-refractivity contribution in [3.8, 4) is 6.07 Å². The van der Waals surface area contributed by atoms with Crippen LogP contribution in [0.5, 0.6) is 0 Å². The van der Waals surface area contributed by atoms with Gasteiger partial charge in [0.1, 0.15) is 0 Å². The summed E-state index contributed by atoms with van der Waals surface area (Å²) >= 11 is 0. The summed E-state index contributed by atoms with van der Waals surface area (Å²) in [4.78, 5) is 0. The number of sulfonamides is 1. The Morgan fingerprint density at radius 2 is 2.21 bits per heavy atom. The monoisotopic (exact) mass is 279 g/mol. The molecule has 0 saturated carbocycles.